The first-order valence-corrected chi connectivity index (χ1v) is 10.2. The van der Waals surface area contributed by atoms with Gasteiger partial charge in [0, 0.05) is 23.6 Å². The lowest BCUT2D eigenvalue weighted by Crippen LogP contribution is -2.41. The van der Waals surface area contributed by atoms with Crippen molar-refractivity contribution in [2.45, 2.75) is 19.4 Å². The Kier molecular flexibility index (Phi) is 10.2. The summed E-state index contributed by atoms with van der Waals surface area (Å²) in [4.78, 5) is 24.3. The maximum atomic E-state index is 12.7. The Bertz CT molecular complexity index is 869. The van der Waals surface area contributed by atoms with Crippen molar-refractivity contribution in [1.82, 2.24) is 10.8 Å². The average molecular weight is 447 g/mol. The molecule has 31 heavy (non-hydrogen) atoms. The summed E-state index contributed by atoms with van der Waals surface area (Å²) in [6, 6.07) is 14.2. The molecule has 0 aliphatic carbocycles. The summed E-state index contributed by atoms with van der Waals surface area (Å²) < 4.78 is 10.2. The Balaban J connectivity index is 1.99. The van der Waals surface area contributed by atoms with Crippen molar-refractivity contribution in [3.05, 3.63) is 70.2 Å². The molecular weight excluding hydrogens is 420 g/mol. The van der Waals surface area contributed by atoms with E-state index in [4.69, 9.17) is 26.3 Å². The molecule has 8 heteroatoms. The number of benzene rings is 2. The molecule has 0 aliphatic rings. The quantitative estimate of drug-likeness (QED) is 0.160. The average Bonchev–Trinajstić information content (AvgIpc) is 2.78. The molecule has 0 aliphatic heterocycles. The lowest BCUT2D eigenvalue weighted by Gasteiger charge is -2.21. The number of carbonyl (C=O) groups is 2. The normalized spacial score (nSPS) is 13.0. The topological polar surface area (TPSA) is 96.9 Å². The van der Waals surface area contributed by atoms with Gasteiger partial charge in [-0.1, -0.05) is 54.9 Å². The summed E-state index contributed by atoms with van der Waals surface area (Å²) in [6.45, 7) is 1.90. The zero-order chi connectivity index (χ0) is 22.6. The number of hydrogen-bond acceptors (Lipinski definition) is 5. The Hall–Kier alpha value is -2.71. The van der Waals surface area contributed by atoms with Gasteiger partial charge in [-0.15, -0.1) is 0 Å². The predicted molar refractivity (Wildman–Crippen MR) is 120 cm³/mol. The van der Waals surface area contributed by atoms with Gasteiger partial charge in [-0.05, 0) is 41.8 Å². The minimum atomic E-state index is -0.525. The highest BCUT2D eigenvalue weighted by Crippen LogP contribution is 2.14. The molecule has 7 nitrogen and oxygen atoms in total. The van der Waals surface area contributed by atoms with Crippen LogP contribution in [-0.2, 0) is 14.3 Å². The Morgan fingerprint density at radius 3 is 2.19 bits per heavy atom. The van der Waals surface area contributed by atoms with Crippen molar-refractivity contribution in [3.8, 4) is 0 Å². The van der Waals surface area contributed by atoms with Crippen LogP contribution < -0.4 is 10.8 Å². The van der Waals surface area contributed by atoms with E-state index in [0.717, 1.165) is 11.1 Å². The molecule has 2 aromatic carbocycles. The van der Waals surface area contributed by atoms with Gasteiger partial charge in [0.1, 0.15) is 6.79 Å². The van der Waals surface area contributed by atoms with Crippen LogP contribution in [0.15, 0.2) is 48.5 Å². The van der Waals surface area contributed by atoms with Crippen LogP contribution in [0.5, 0.6) is 0 Å². The van der Waals surface area contributed by atoms with Crippen LogP contribution in [0.25, 0.3) is 12.2 Å². The molecule has 2 aromatic rings. The largest absolute Gasteiger partial charge is 0.359 e. The van der Waals surface area contributed by atoms with E-state index in [9.17, 15) is 9.59 Å². The lowest BCUT2D eigenvalue weighted by atomic mass is 10.0. The lowest BCUT2D eigenvalue weighted by molar-refractivity contribution is -0.133. The van der Waals surface area contributed by atoms with E-state index in [1.54, 1.807) is 24.5 Å². The first kappa shape index (κ1) is 24.6. The van der Waals surface area contributed by atoms with E-state index in [-0.39, 0.29) is 19.3 Å². The number of rotatable bonds is 11. The van der Waals surface area contributed by atoms with Crippen LogP contribution in [0.1, 0.15) is 34.8 Å². The monoisotopic (exact) mass is 446 g/mol. The van der Waals surface area contributed by atoms with Crippen molar-refractivity contribution >= 4 is 35.6 Å². The molecule has 0 saturated carbocycles. The van der Waals surface area contributed by atoms with Crippen molar-refractivity contribution in [2.75, 3.05) is 20.5 Å². The number of halogens is 1. The van der Waals surface area contributed by atoms with Crippen molar-refractivity contribution in [3.63, 3.8) is 0 Å². The van der Waals surface area contributed by atoms with Gasteiger partial charge >= 0.3 is 0 Å². The van der Waals surface area contributed by atoms with Gasteiger partial charge in [-0.2, -0.15) is 0 Å². The summed E-state index contributed by atoms with van der Waals surface area (Å²) in [5.41, 5.74) is 4.07. The number of nitrogens with one attached hydrogen (secondary N) is 2. The third kappa shape index (κ3) is 8.51. The van der Waals surface area contributed by atoms with Crippen LogP contribution in [0, 0.1) is 5.92 Å². The van der Waals surface area contributed by atoms with Crippen LogP contribution >= 0.6 is 11.6 Å². The van der Waals surface area contributed by atoms with Crippen molar-refractivity contribution in [2.24, 2.45) is 5.92 Å². The third-order valence-electron chi connectivity index (χ3n) is 4.56. The molecule has 3 N–H and O–H groups in total. The third-order valence-corrected chi connectivity index (χ3v) is 4.81. The van der Waals surface area contributed by atoms with Crippen molar-refractivity contribution < 1.29 is 24.3 Å². The zero-order valence-corrected chi connectivity index (χ0v) is 18.3. The summed E-state index contributed by atoms with van der Waals surface area (Å²) in [5, 5.41) is 12.4. The summed E-state index contributed by atoms with van der Waals surface area (Å²) in [7, 11) is 1.50. The fourth-order valence-corrected chi connectivity index (χ4v) is 2.99. The molecular formula is C23H27ClN2O5. The molecule has 0 aromatic heterocycles. The highest BCUT2D eigenvalue weighted by atomic mass is 35.5. The SMILES string of the molecule is COCOC[C@H](C[C@H](C)C(=O)NO)NC(=O)c1ccc(/C=C/c2ccc(Cl)cc2)cc1. The second-order valence-electron chi connectivity index (χ2n) is 7.07. The van der Waals surface area contributed by atoms with Gasteiger partial charge in [0.25, 0.3) is 5.91 Å². The predicted octanol–water partition coefficient (Wildman–Crippen LogP) is 3.76. The fourth-order valence-electron chi connectivity index (χ4n) is 2.87. The minimum Gasteiger partial charge on any atom is -0.359 e. The Morgan fingerprint density at radius 2 is 1.65 bits per heavy atom. The minimum absolute atomic E-state index is 0.0710. The van der Waals surface area contributed by atoms with Crippen LogP contribution in [0.3, 0.4) is 0 Å². The summed E-state index contributed by atoms with van der Waals surface area (Å²) in [5.74, 6) is -1.32. The second-order valence-corrected chi connectivity index (χ2v) is 7.50. The van der Waals surface area contributed by atoms with Crippen LogP contribution in [0.4, 0.5) is 0 Å². The van der Waals surface area contributed by atoms with Gasteiger partial charge in [0.05, 0.1) is 12.6 Å². The summed E-state index contributed by atoms with van der Waals surface area (Å²) >= 11 is 5.89. The number of amides is 2. The smallest absolute Gasteiger partial charge is 0.251 e. The van der Waals surface area contributed by atoms with Gasteiger partial charge in [0.15, 0.2) is 0 Å². The number of methoxy groups -OCH3 is 1. The van der Waals surface area contributed by atoms with E-state index >= 15 is 0 Å². The summed E-state index contributed by atoms with van der Waals surface area (Å²) in [6.07, 6.45) is 4.20. The molecule has 0 bridgehead atoms. The molecule has 0 saturated heterocycles. The van der Waals surface area contributed by atoms with E-state index < -0.39 is 17.9 Å². The molecule has 2 amide bonds. The fraction of sp³-hybridized carbons (Fsp3) is 0.304. The van der Waals surface area contributed by atoms with Gasteiger partial charge in [0.2, 0.25) is 5.91 Å². The number of hydroxylamine groups is 1. The maximum absolute atomic E-state index is 12.7. The molecule has 0 radical (unpaired) electrons. The molecule has 0 fully saturated rings. The first-order valence-electron chi connectivity index (χ1n) is 9.78. The van der Waals surface area contributed by atoms with E-state index in [1.165, 1.54) is 7.11 Å². The molecule has 0 heterocycles. The highest BCUT2D eigenvalue weighted by molar-refractivity contribution is 6.30. The zero-order valence-electron chi connectivity index (χ0n) is 17.5. The van der Waals surface area contributed by atoms with Gasteiger partial charge in [-0.25, -0.2) is 5.48 Å². The maximum Gasteiger partial charge on any atom is 0.251 e. The Morgan fingerprint density at radius 1 is 1.06 bits per heavy atom. The second kappa shape index (κ2) is 12.9. The van der Waals surface area contributed by atoms with Crippen LogP contribution in [-0.4, -0.2) is 43.6 Å². The standard InChI is InChI=1S/C23H27ClN2O5/c1-16(22(27)26-29)13-21(14-31-15-30-2)25-23(28)19-9-5-17(6-10-19)3-4-18-7-11-20(24)12-8-18/h3-12,16,21,29H,13-15H2,1-2H3,(H,25,28)(H,26,27)/b4-3+/t16-,21-/m0/s1. The van der Waals surface area contributed by atoms with Crippen LogP contribution in [0.2, 0.25) is 5.02 Å². The molecule has 0 unspecified atom stereocenters. The molecule has 0 spiro atoms. The van der Waals surface area contributed by atoms with E-state index in [0.29, 0.717) is 17.0 Å². The van der Waals surface area contributed by atoms with Gasteiger partial charge < -0.3 is 14.8 Å². The number of hydrogen-bond donors (Lipinski definition) is 3. The van der Waals surface area contributed by atoms with Crippen molar-refractivity contribution in [1.29, 1.82) is 0 Å². The molecule has 2 rings (SSSR count). The number of ether oxygens (including phenoxy) is 2. The molecule has 2 atom stereocenters. The number of carbonyl (C=O) groups excluding carboxylic acids is 2. The van der Waals surface area contributed by atoms with E-state index in [2.05, 4.69) is 5.32 Å². The highest BCUT2D eigenvalue weighted by Gasteiger charge is 2.21. The molecule has 166 valence electrons. The Labute approximate surface area is 187 Å². The first-order chi connectivity index (χ1) is 14.9. The van der Waals surface area contributed by atoms with E-state index in [1.807, 2.05) is 48.6 Å². The van der Waals surface area contributed by atoms with Gasteiger partial charge in [-0.3, -0.25) is 14.8 Å².